The van der Waals surface area contributed by atoms with E-state index in [0.717, 1.165) is 6.42 Å². The molecule has 26 heavy (non-hydrogen) atoms. The van der Waals surface area contributed by atoms with E-state index >= 15 is 0 Å². The van der Waals surface area contributed by atoms with Crippen LogP contribution in [-0.4, -0.2) is 25.2 Å². The van der Waals surface area contributed by atoms with Crippen molar-refractivity contribution in [1.82, 2.24) is 0 Å². The van der Waals surface area contributed by atoms with Gasteiger partial charge in [-0.1, -0.05) is 56.7 Å². The minimum atomic E-state index is -2.48. The fourth-order valence-electron chi connectivity index (χ4n) is 3.94. The quantitative estimate of drug-likeness (QED) is 0.475. The van der Waals surface area contributed by atoms with Crippen LogP contribution in [0.2, 0.25) is 44.8 Å². The van der Waals surface area contributed by atoms with Gasteiger partial charge in [-0.2, -0.15) is 0 Å². The highest BCUT2D eigenvalue weighted by atomic mass is 28.5. The summed E-state index contributed by atoms with van der Waals surface area (Å²) in [5, 5.41) is 1.41. The molecule has 1 atom stereocenters. The Labute approximate surface area is 164 Å². The lowest BCUT2D eigenvalue weighted by Crippen LogP contribution is -2.63. The first-order valence-electron chi connectivity index (χ1n) is 9.82. The summed E-state index contributed by atoms with van der Waals surface area (Å²) in [5.41, 5.74) is 3.52. The van der Waals surface area contributed by atoms with Crippen molar-refractivity contribution in [2.24, 2.45) is 5.41 Å². The molecule has 1 aliphatic rings. The monoisotopic (exact) mass is 406 g/mol. The van der Waals surface area contributed by atoms with Crippen LogP contribution in [0.1, 0.15) is 39.7 Å². The third kappa shape index (κ3) is 5.07. The first-order chi connectivity index (χ1) is 11.6. The topological polar surface area (TPSA) is 18.5 Å². The number of hydrogen-bond donors (Lipinski definition) is 0. The van der Waals surface area contributed by atoms with E-state index in [1.165, 1.54) is 16.3 Å². The summed E-state index contributed by atoms with van der Waals surface area (Å²) < 4.78 is 14.1. The minimum absolute atomic E-state index is 0.262. The second-order valence-corrected chi connectivity index (χ2v) is 23.5. The molecular weight excluding hydrogens is 368 g/mol. The lowest BCUT2D eigenvalue weighted by atomic mass is 9.87. The molecule has 0 aromatic heterocycles. The number of hydrogen-bond acceptors (Lipinski definition) is 2. The molecule has 0 radical (unpaired) electrons. The molecule has 0 spiro atoms. The SMILES string of the molecule is CC1=C(c2ccccc2)[Si](O[Si](C)(C)C)(O[Si](C)(C)C)C1CC(C)(C)C. The van der Waals surface area contributed by atoms with Gasteiger partial charge in [0.15, 0.2) is 16.6 Å². The Kier molecular flexibility index (Phi) is 6.02. The van der Waals surface area contributed by atoms with Crippen molar-refractivity contribution in [3.63, 3.8) is 0 Å². The molecule has 146 valence electrons. The predicted molar refractivity (Wildman–Crippen MR) is 121 cm³/mol. The number of benzene rings is 1. The molecule has 1 aromatic carbocycles. The average Bonchev–Trinajstić information content (AvgIpc) is 2.41. The highest BCUT2D eigenvalue weighted by Gasteiger charge is 2.62. The van der Waals surface area contributed by atoms with Crippen LogP contribution in [0.4, 0.5) is 0 Å². The van der Waals surface area contributed by atoms with Crippen molar-refractivity contribution in [2.45, 2.75) is 78.9 Å². The van der Waals surface area contributed by atoms with E-state index in [-0.39, 0.29) is 5.41 Å². The van der Waals surface area contributed by atoms with Gasteiger partial charge in [0.2, 0.25) is 0 Å². The highest BCUT2D eigenvalue weighted by Crippen LogP contribution is 2.58. The largest absolute Gasteiger partial charge is 0.433 e. The van der Waals surface area contributed by atoms with Gasteiger partial charge < -0.3 is 8.23 Å². The molecule has 2 nitrogen and oxygen atoms in total. The Morgan fingerprint density at radius 2 is 1.35 bits per heavy atom. The first kappa shape index (κ1) is 21.8. The normalized spacial score (nSPS) is 20.9. The fraction of sp³-hybridized carbons (Fsp3) is 0.619. The van der Waals surface area contributed by atoms with Gasteiger partial charge in [0, 0.05) is 5.54 Å². The molecule has 2 rings (SSSR count). The van der Waals surface area contributed by atoms with Crippen LogP contribution in [0.3, 0.4) is 0 Å². The maximum Gasteiger partial charge on any atom is 0.359 e. The van der Waals surface area contributed by atoms with Crippen LogP contribution in [-0.2, 0) is 8.23 Å². The summed E-state index contributed by atoms with van der Waals surface area (Å²) >= 11 is 0. The second-order valence-electron chi connectivity index (χ2n) is 10.8. The van der Waals surface area contributed by atoms with E-state index in [4.69, 9.17) is 8.23 Å². The van der Waals surface area contributed by atoms with Crippen molar-refractivity contribution >= 4 is 30.4 Å². The maximum absolute atomic E-state index is 7.07. The summed E-state index contributed by atoms with van der Waals surface area (Å²) in [4.78, 5) is 0. The molecule has 0 N–H and O–H groups in total. The Balaban J connectivity index is 2.63. The van der Waals surface area contributed by atoms with Crippen LogP contribution in [0.5, 0.6) is 0 Å². The van der Waals surface area contributed by atoms with Crippen molar-refractivity contribution < 1.29 is 8.23 Å². The predicted octanol–water partition coefficient (Wildman–Crippen LogP) is 6.96. The Morgan fingerprint density at radius 1 is 0.885 bits per heavy atom. The zero-order chi connectivity index (χ0) is 20.0. The van der Waals surface area contributed by atoms with Gasteiger partial charge in [-0.3, -0.25) is 0 Å². The fourth-order valence-corrected chi connectivity index (χ4v) is 16.7. The summed E-state index contributed by atoms with van der Waals surface area (Å²) in [5.74, 6) is 0. The zero-order valence-electron chi connectivity index (χ0n) is 18.5. The lowest BCUT2D eigenvalue weighted by Gasteiger charge is -2.55. The van der Waals surface area contributed by atoms with E-state index in [0.29, 0.717) is 5.54 Å². The number of allylic oxidation sites excluding steroid dienone is 1. The van der Waals surface area contributed by atoms with Crippen molar-refractivity contribution in [1.29, 1.82) is 0 Å². The van der Waals surface area contributed by atoms with Gasteiger partial charge in [-0.15, -0.1) is 0 Å². The van der Waals surface area contributed by atoms with Gasteiger partial charge in [-0.25, -0.2) is 0 Å². The van der Waals surface area contributed by atoms with E-state index < -0.39 is 25.2 Å². The van der Waals surface area contributed by atoms with Gasteiger partial charge in [0.25, 0.3) is 0 Å². The summed E-state index contributed by atoms with van der Waals surface area (Å²) in [7, 11) is -6.00. The summed E-state index contributed by atoms with van der Waals surface area (Å²) in [6.45, 7) is 23.2. The van der Waals surface area contributed by atoms with Gasteiger partial charge in [0.05, 0.1) is 0 Å². The van der Waals surface area contributed by atoms with E-state index in [9.17, 15) is 0 Å². The van der Waals surface area contributed by atoms with E-state index in [1.54, 1.807) is 0 Å². The summed E-state index contributed by atoms with van der Waals surface area (Å²) in [6.07, 6.45) is 1.14. The zero-order valence-corrected chi connectivity index (χ0v) is 21.5. The standard InChI is InChI=1S/C21H38O2Si3/c1-17-19(16-21(2,3)4)26(22-24(5,6)7,23-25(8,9)10)20(17)18-14-12-11-13-15-18/h11-15,19H,16H2,1-10H3. The van der Waals surface area contributed by atoms with Gasteiger partial charge in [0.1, 0.15) is 0 Å². The molecule has 0 amide bonds. The molecule has 1 aromatic rings. The average molecular weight is 407 g/mol. The molecule has 5 heteroatoms. The van der Waals surface area contributed by atoms with E-state index in [2.05, 4.69) is 97.3 Å². The molecule has 1 unspecified atom stereocenters. The lowest BCUT2D eigenvalue weighted by molar-refractivity contribution is 0.314. The molecule has 1 aliphatic heterocycles. The second kappa shape index (κ2) is 7.17. The Morgan fingerprint density at radius 3 is 1.73 bits per heavy atom. The molecular formula is C21H38O2Si3. The van der Waals surface area contributed by atoms with Crippen molar-refractivity contribution in [2.75, 3.05) is 0 Å². The Bertz CT molecular complexity index is 645. The molecule has 0 aliphatic carbocycles. The molecule has 1 heterocycles. The third-order valence-corrected chi connectivity index (χ3v) is 14.8. The highest BCUT2D eigenvalue weighted by molar-refractivity contribution is 7.01. The number of rotatable bonds is 6. The first-order valence-corrected chi connectivity index (χ1v) is 18.5. The molecule has 0 saturated carbocycles. The van der Waals surface area contributed by atoms with Crippen LogP contribution < -0.4 is 0 Å². The third-order valence-electron chi connectivity index (χ3n) is 4.52. The minimum Gasteiger partial charge on any atom is -0.433 e. The molecule has 0 fully saturated rings. The maximum atomic E-state index is 7.07. The van der Waals surface area contributed by atoms with Crippen molar-refractivity contribution in [3.8, 4) is 0 Å². The van der Waals surface area contributed by atoms with Crippen LogP contribution in [0, 0.1) is 5.41 Å². The van der Waals surface area contributed by atoms with E-state index in [1.807, 2.05) is 0 Å². The smallest absolute Gasteiger partial charge is 0.359 e. The Hall–Kier alpha value is -0.469. The molecule has 0 saturated heterocycles. The molecule has 0 bridgehead atoms. The van der Waals surface area contributed by atoms with Crippen LogP contribution in [0.25, 0.3) is 5.20 Å². The summed E-state index contributed by atoms with van der Waals surface area (Å²) in [6, 6.07) is 10.8. The van der Waals surface area contributed by atoms with Crippen LogP contribution in [0.15, 0.2) is 35.9 Å². The van der Waals surface area contributed by atoms with Crippen LogP contribution >= 0.6 is 0 Å². The van der Waals surface area contributed by atoms with Gasteiger partial charge in [-0.05, 0) is 68.8 Å². The van der Waals surface area contributed by atoms with Crippen molar-refractivity contribution in [3.05, 3.63) is 41.5 Å². The van der Waals surface area contributed by atoms with Gasteiger partial charge >= 0.3 is 8.56 Å².